The van der Waals surface area contributed by atoms with Crippen molar-refractivity contribution in [2.45, 2.75) is 32.3 Å². The highest BCUT2D eigenvalue weighted by molar-refractivity contribution is 5.79. The third-order valence-electron chi connectivity index (χ3n) is 3.94. The SMILES string of the molecule is CC(C)(O)CN1CCN(C(=O)[C@H]2CCCNC2)CC1. The van der Waals surface area contributed by atoms with E-state index in [-0.39, 0.29) is 5.92 Å². The molecule has 19 heavy (non-hydrogen) atoms. The van der Waals surface area contributed by atoms with Gasteiger partial charge in [-0.2, -0.15) is 0 Å². The Hall–Kier alpha value is -0.650. The number of piperazine rings is 1. The fraction of sp³-hybridized carbons (Fsp3) is 0.929. The molecule has 0 radical (unpaired) electrons. The largest absolute Gasteiger partial charge is 0.389 e. The Labute approximate surface area is 115 Å². The number of amides is 1. The predicted molar refractivity (Wildman–Crippen MR) is 74.9 cm³/mol. The Morgan fingerprint density at radius 3 is 2.53 bits per heavy atom. The molecule has 2 aliphatic heterocycles. The summed E-state index contributed by atoms with van der Waals surface area (Å²) in [6.07, 6.45) is 2.13. The number of piperidine rings is 1. The van der Waals surface area contributed by atoms with Crippen LogP contribution in [-0.2, 0) is 4.79 Å². The summed E-state index contributed by atoms with van der Waals surface area (Å²) in [7, 11) is 0. The summed E-state index contributed by atoms with van der Waals surface area (Å²) in [5.74, 6) is 0.490. The molecule has 2 saturated heterocycles. The number of carbonyl (C=O) groups excluding carboxylic acids is 1. The number of rotatable bonds is 3. The molecule has 0 unspecified atom stereocenters. The lowest BCUT2D eigenvalue weighted by Crippen LogP contribution is -2.54. The van der Waals surface area contributed by atoms with Gasteiger partial charge in [-0.15, -0.1) is 0 Å². The fourth-order valence-corrected chi connectivity index (χ4v) is 2.99. The summed E-state index contributed by atoms with van der Waals surface area (Å²) in [6, 6.07) is 0. The van der Waals surface area contributed by atoms with E-state index in [2.05, 4.69) is 10.2 Å². The van der Waals surface area contributed by atoms with Crippen LogP contribution in [0.1, 0.15) is 26.7 Å². The highest BCUT2D eigenvalue weighted by atomic mass is 16.3. The number of hydrogen-bond donors (Lipinski definition) is 2. The van der Waals surface area contributed by atoms with Gasteiger partial charge in [0.05, 0.1) is 11.5 Å². The molecule has 1 amide bonds. The van der Waals surface area contributed by atoms with Crippen LogP contribution in [0.25, 0.3) is 0 Å². The van der Waals surface area contributed by atoms with E-state index in [9.17, 15) is 9.90 Å². The van der Waals surface area contributed by atoms with Crippen LogP contribution in [0.3, 0.4) is 0 Å². The molecular formula is C14H27N3O2. The lowest BCUT2D eigenvalue weighted by atomic mass is 9.98. The Balaban J connectivity index is 1.77. The van der Waals surface area contributed by atoms with Gasteiger partial charge in [-0.1, -0.05) is 0 Å². The van der Waals surface area contributed by atoms with Crippen molar-refractivity contribution in [2.75, 3.05) is 45.8 Å². The van der Waals surface area contributed by atoms with Crippen molar-refractivity contribution in [1.82, 2.24) is 15.1 Å². The molecule has 0 bridgehead atoms. The lowest BCUT2D eigenvalue weighted by molar-refractivity contribution is -0.138. The molecule has 5 nitrogen and oxygen atoms in total. The maximum atomic E-state index is 12.4. The minimum Gasteiger partial charge on any atom is -0.389 e. The van der Waals surface area contributed by atoms with E-state index in [1.165, 1.54) is 0 Å². The van der Waals surface area contributed by atoms with E-state index in [0.29, 0.717) is 12.5 Å². The van der Waals surface area contributed by atoms with Crippen LogP contribution >= 0.6 is 0 Å². The van der Waals surface area contributed by atoms with E-state index in [4.69, 9.17) is 0 Å². The van der Waals surface area contributed by atoms with Gasteiger partial charge < -0.3 is 15.3 Å². The van der Waals surface area contributed by atoms with E-state index in [1.54, 1.807) is 0 Å². The summed E-state index contributed by atoms with van der Waals surface area (Å²) >= 11 is 0. The maximum Gasteiger partial charge on any atom is 0.227 e. The Kier molecular flexibility index (Phi) is 4.81. The average Bonchev–Trinajstić information content (AvgIpc) is 2.38. The normalized spacial score (nSPS) is 26.5. The molecule has 2 heterocycles. The number of β-amino-alcohol motifs (C(OH)–C–C–N with tert-alkyl or cyclic N) is 1. The minimum atomic E-state index is -0.653. The third kappa shape index (κ3) is 4.44. The van der Waals surface area contributed by atoms with Crippen LogP contribution in [0, 0.1) is 5.92 Å². The zero-order chi connectivity index (χ0) is 13.9. The second kappa shape index (κ2) is 6.20. The molecule has 0 aromatic carbocycles. The first-order valence-corrected chi connectivity index (χ1v) is 7.40. The highest BCUT2D eigenvalue weighted by Gasteiger charge is 2.29. The fourth-order valence-electron chi connectivity index (χ4n) is 2.99. The first-order chi connectivity index (χ1) is 8.96. The third-order valence-corrected chi connectivity index (χ3v) is 3.94. The van der Waals surface area contributed by atoms with Crippen molar-refractivity contribution in [1.29, 1.82) is 0 Å². The quantitative estimate of drug-likeness (QED) is 0.751. The van der Waals surface area contributed by atoms with Gasteiger partial charge in [-0.3, -0.25) is 9.69 Å². The zero-order valence-electron chi connectivity index (χ0n) is 12.2. The van der Waals surface area contributed by atoms with E-state index in [1.807, 2.05) is 18.7 Å². The maximum absolute atomic E-state index is 12.4. The molecule has 2 fully saturated rings. The van der Waals surface area contributed by atoms with Gasteiger partial charge in [0.2, 0.25) is 5.91 Å². The Morgan fingerprint density at radius 1 is 1.32 bits per heavy atom. The topological polar surface area (TPSA) is 55.8 Å². The molecule has 5 heteroatoms. The molecule has 110 valence electrons. The summed E-state index contributed by atoms with van der Waals surface area (Å²) in [6.45, 7) is 9.56. The smallest absolute Gasteiger partial charge is 0.227 e. The second-order valence-electron chi connectivity index (χ2n) is 6.46. The molecule has 0 aromatic rings. The van der Waals surface area contributed by atoms with Gasteiger partial charge in [0.15, 0.2) is 0 Å². The first-order valence-electron chi connectivity index (χ1n) is 7.40. The van der Waals surface area contributed by atoms with Crippen LogP contribution < -0.4 is 5.32 Å². The van der Waals surface area contributed by atoms with Crippen LogP contribution in [0.4, 0.5) is 0 Å². The summed E-state index contributed by atoms with van der Waals surface area (Å²) < 4.78 is 0. The van der Waals surface area contributed by atoms with Crippen LogP contribution in [0.15, 0.2) is 0 Å². The minimum absolute atomic E-state index is 0.176. The van der Waals surface area contributed by atoms with E-state index >= 15 is 0 Å². The van der Waals surface area contributed by atoms with Crippen molar-refractivity contribution in [2.24, 2.45) is 5.92 Å². The molecule has 2 N–H and O–H groups in total. The lowest BCUT2D eigenvalue weighted by Gasteiger charge is -2.39. The number of nitrogens with zero attached hydrogens (tertiary/aromatic N) is 2. The van der Waals surface area contributed by atoms with Crippen LogP contribution in [-0.4, -0.2) is 72.2 Å². The standard InChI is InChI=1S/C14H27N3O2/c1-14(2,19)11-16-6-8-17(9-7-16)13(18)12-4-3-5-15-10-12/h12,15,19H,3-11H2,1-2H3/t12-/m0/s1. The second-order valence-corrected chi connectivity index (χ2v) is 6.46. The van der Waals surface area contributed by atoms with Crippen molar-refractivity contribution in [3.05, 3.63) is 0 Å². The predicted octanol–water partition coefficient (Wildman–Crippen LogP) is -0.0989. The Bertz CT molecular complexity index is 300. The van der Waals surface area contributed by atoms with E-state index in [0.717, 1.165) is 52.1 Å². The van der Waals surface area contributed by atoms with Gasteiger partial charge in [-0.05, 0) is 33.2 Å². The zero-order valence-corrected chi connectivity index (χ0v) is 12.2. The molecule has 2 rings (SSSR count). The van der Waals surface area contributed by atoms with Crippen LogP contribution in [0.2, 0.25) is 0 Å². The van der Waals surface area contributed by atoms with Crippen molar-refractivity contribution >= 4 is 5.91 Å². The Morgan fingerprint density at radius 2 is 2.00 bits per heavy atom. The summed E-state index contributed by atoms with van der Waals surface area (Å²) in [4.78, 5) is 16.6. The van der Waals surface area contributed by atoms with Gasteiger partial charge in [0.25, 0.3) is 0 Å². The molecule has 0 saturated carbocycles. The number of carbonyl (C=O) groups is 1. The first kappa shape index (κ1) is 14.8. The van der Waals surface area contributed by atoms with Gasteiger partial charge >= 0.3 is 0 Å². The molecule has 0 aromatic heterocycles. The number of hydrogen-bond acceptors (Lipinski definition) is 4. The number of nitrogens with one attached hydrogen (secondary N) is 1. The van der Waals surface area contributed by atoms with Gasteiger partial charge in [0, 0.05) is 39.3 Å². The van der Waals surface area contributed by atoms with Gasteiger partial charge in [0.1, 0.15) is 0 Å². The monoisotopic (exact) mass is 269 g/mol. The van der Waals surface area contributed by atoms with E-state index < -0.39 is 5.60 Å². The van der Waals surface area contributed by atoms with Crippen LogP contribution in [0.5, 0.6) is 0 Å². The van der Waals surface area contributed by atoms with Crippen molar-refractivity contribution in [3.63, 3.8) is 0 Å². The molecular weight excluding hydrogens is 242 g/mol. The summed E-state index contributed by atoms with van der Waals surface area (Å²) in [5.41, 5.74) is -0.653. The highest BCUT2D eigenvalue weighted by Crippen LogP contribution is 2.16. The molecule has 2 aliphatic rings. The van der Waals surface area contributed by atoms with Crippen molar-refractivity contribution < 1.29 is 9.90 Å². The molecule has 0 spiro atoms. The average molecular weight is 269 g/mol. The van der Waals surface area contributed by atoms with Crippen molar-refractivity contribution in [3.8, 4) is 0 Å². The van der Waals surface area contributed by atoms with Gasteiger partial charge in [-0.25, -0.2) is 0 Å². The molecule has 0 aliphatic carbocycles. The summed E-state index contributed by atoms with van der Waals surface area (Å²) in [5, 5.41) is 13.1. The number of aliphatic hydroxyl groups is 1. The molecule has 1 atom stereocenters.